The van der Waals surface area contributed by atoms with Crippen molar-refractivity contribution in [2.75, 3.05) is 20.7 Å². The number of thioether (sulfide) groups is 1. The zero-order valence-electron chi connectivity index (χ0n) is 15.2. The number of rotatable bonds is 6. The topological polar surface area (TPSA) is 116 Å². The van der Waals surface area contributed by atoms with Gasteiger partial charge < -0.3 is 25.0 Å². The lowest BCUT2D eigenvalue weighted by atomic mass is 9.98. The molecule has 3 heterocycles. The summed E-state index contributed by atoms with van der Waals surface area (Å²) >= 11 is 2.68. The van der Waals surface area contributed by atoms with Crippen LogP contribution in [0.25, 0.3) is 0 Å². The van der Waals surface area contributed by atoms with Crippen molar-refractivity contribution in [3.05, 3.63) is 33.4 Å². The largest absolute Gasteiger partial charge is 0.479 e. The Bertz CT molecular complexity index is 823. The number of carboxylic acids is 1. The molecule has 0 aromatic carbocycles. The lowest BCUT2D eigenvalue weighted by Crippen LogP contribution is -2.74. The number of fused-ring (bicyclic) bond motifs is 1. The Morgan fingerprint density at radius 3 is 2.71 bits per heavy atom. The molecule has 3 amide bonds. The smallest absolute Gasteiger partial charge is 0.409 e. The second-order valence-electron chi connectivity index (χ2n) is 6.46. The highest BCUT2D eigenvalue weighted by molar-refractivity contribution is 8.02. The number of aliphatic carboxylic acids is 1. The van der Waals surface area contributed by atoms with Crippen LogP contribution in [0.2, 0.25) is 0 Å². The van der Waals surface area contributed by atoms with Crippen LogP contribution in [0.1, 0.15) is 4.88 Å². The zero-order valence-corrected chi connectivity index (χ0v) is 16.8. The van der Waals surface area contributed by atoms with Gasteiger partial charge in [0.2, 0.25) is 11.8 Å². The molecule has 0 saturated carbocycles. The van der Waals surface area contributed by atoms with Crippen molar-refractivity contribution in [2.24, 2.45) is 0 Å². The van der Waals surface area contributed by atoms with E-state index in [1.54, 1.807) is 5.41 Å². The fourth-order valence-corrected chi connectivity index (χ4v) is 4.81. The summed E-state index contributed by atoms with van der Waals surface area (Å²) in [6, 6.07) is 1.67. The normalized spacial score (nSPS) is 23.2. The summed E-state index contributed by atoms with van der Waals surface area (Å²) in [5, 5.41) is 15.2. The van der Waals surface area contributed by atoms with Gasteiger partial charge in [-0.1, -0.05) is 6.07 Å². The van der Waals surface area contributed by atoms with Gasteiger partial charge in [0.25, 0.3) is 0 Å². The number of β-lactam (4-membered cyclic amide) rings is 1. The highest BCUT2D eigenvalue weighted by atomic mass is 32.2. The van der Waals surface area contributed by atoms with Crippen molar-refractivity contribution in [1.29, 1.82) is 0 Å². The van der Waals surface area contributed by atoms with Crippen LogP contribution in [0.5, 0.6) is 0 Å². The molecule has 1 saturated heterocycles. The first-order valence-electron chi connectivity index (χ1n) is 8.34. The first kappa shape index (κ1) is 20.2. The van der Waals surface area contributed by atoms with Crippen molar-refractivity contribution in [3.63, 3.8) is 0 Å². The van der Waals surface area contributed by atoms with E-state index in [0.29, 0.717) is 5.57 Å². The molecule has 0 spiro atoms. The SMILES string of the molecule is CN(C)C(=O)OCC1=CS[C@H]2C(NC(=O)Cc3cccs3)C(=O)N2C1C(=O)O. The van der Waals surface area contributed by atoms with Gasteiger partial charge in [-0.15, -0.1) is 23.1 Å². The molecule has 1 aromatic rings. The quantitative estimate of drug-likeness (QED) is 0.645. The molecule has 1 fully saturated rings. The number of carbonyl (C=O) groups excluding carboxylic acids is 3. The fourth-order valence-electron chi connectivity index (χ4n) is 2.90. The molecule has 0 radical (unpaired) electrons. The molecule has 0 bridgehead atoms. The zero-order chi connectivity index (χ0) is 20.4. The van der Waals surface area contributed by atoms with Gasteiger partial charge in [-0.3, -0.25) is 9.59 Å². The first-order chi connectivity index (χ1) is 13.3. The Morgan fingerprint density at radius 2 is 2.11 bits per heavy atom. The maximum Gasteiger partial charge on any atom is 0.409 e. The van der Waals surface area contributed by atoms with Crippen molar-refractivity contribution >= 4 is 47.0 Å². The van der Waals surface area contributed by atoms with Gasteiger partial charge in [0, 0.05) is 24.5 Å². The van der Waals surface area contributed by atoms with Crippen molar-refractivity contribution in [2.45, 2.75) is 23.9 Å². The molecule has 1 aromatic heterocycles. The van der Waals surface area contributed by atoms with E-state index in [0.717, 1.165) is 4.88 Å². The van der Waals surface area contributed by atoms with Crippen LogP contribution in [-0.2, 0) is 25.5 Å². The van der Waals surface area contributed by atoms with Crippen LogP contribution in [0.4, 0.5) is 4.79 Å². The Labute approximate surface area is 169 Å². The molecule has 9 nitrogen and oxygen atoms in total. The molecule has 3 rings (SSSR count). The van der Waals surface area contributed by atoms with Gasteiger partial charge in [0.1, 0.15) is 18.0 Å². The van der Waals surface area contributed by atoms with Gasteiger partial charge >= 0.3 is 12.1 Å². The molecule has 3 atom stereocenters. The molecule has 28 heavy (non-hydrogen) atoms. The summed E-state index contributed by atoms with van der Waals surface area (Å²) in [6.07, 6.45) is -0.436. The summed E-state index contributed by atoms with van der Waals surface area (Å²) in [7, 11) is 3.03. The average molecular weight is 425 g/mol. The van der Waals surface area contributed by atoms with Crippen LogP contribution in [0, 0.1) is 0 Å². The number of nitrogens with zero attached hydrogens (tertiary/aromatic N) is 2. The van der Waals surface area contributed by atoms with E-state index in [1.807, 2.05) is 17.5 Å². The van der Waals surface area contributed by atoms with Gasteiger partial charge in [0.05, 0.1) is 6.42 Å². The summed E-state index contributed by atoms with van der Waals surface area (Å²) in [4.78, 5) is 51.4. The van der Waals surface area contributed by atoms with Crippen molar-refractivity contribution in [1.82, 2.24) is 15.1 Å². The second-order valence-corrected chi connectivity index (χ2v) is 8.48. The van der Waals surface area contributed by atoms with E-state index in [-0.39, 0.29) is 18.9 Å². The van der Waals surface area contributed by atoms with E-state index in [2.05, 4.69) is 5.32 Å². The third kappa shape index (κ3) is 3.99. The minimum Gasteiger partial charge on any atom is -0.479 e. The monoisotopic (exact) mass is 425 g/mol. The Morgan fingerprint density at radius 1 is 1.36 bits per heavy atom. The van der Waals surface area contributed by atoms with Gasteiger partial charge in [-0.25, -0.2) is 9.59 Å². The van der Waals surface area contributed by atoms with Crippen LogP contribution >= 0.6 is 23.1 Å². The predicted octanol–water partition coefficient (Wildman–Crippen LogP) is 0.726. The minimum atomic E-state index is -1.22. The molecule has 2 N–H and O–H groups in total. The number of hydrogen-bond acceptors (Lipinski definition) is 7. The second kappa shape index (κ2) is 8.23. The van der Waals surface area contributed by atoms with Crippen LogP contribution in [-0.4, -0.2) is 76.9 Å². The van der Waals surface area contributed by atoms with E-state index in [1.165, 1.54) is 47.0 Å². The number of amides is 3. The highest BCUT2D eigenvalue weighted by Crippen LogP contribution is 2.40. The molecule has 11 heteroatoms. The number of carboxylic acid groups (broad SMARTS) is 1. The molecular formula is C17H19N3O6S2. The van der Waals surface area contributed by atoms with E-state index in [4.69, 9.17) is 4.74 Å². The number of hydrogen-bond donors (Lipinski definition) is 2. The third-order valence-corrected chi connectivity index (χ3v) is 6.35. The van der Waals surface area contributed by atoms with Crippen molar-refractivity contribution in [3.8, 4) is 0 Å². The standard InChI is InChI=1S/C17H19N3O6S2/c1-19(2)17(25)26-7-9-8-28-15-12(14(22)20(15)13(9)16(23)24)18-11(21)6-10-4-3-5-27-10/h3-5,8,12-13,15H,6-7H2,1-2H3,(H,18,21)(H,23,24)/t12?,13?,15-/m0/s1. The maximum atomic E-state index is 12.5. The third-order valence-electron chi connectivity index (χ3n) is 4.26. The average Bonchev–Trinajstić information content (AvgIpc) is 3.15. The van der Waals surface area contributed by atoms with Gasteiger partial charge in [0.15, 0.2) is 6.04 Å². The molecular weight excluding hydrogens is 406 g/mol. The fraction of sp³-hybridized carbons (Fsp3) is 0.412. The summed E-state index contributed by atoms with van der Waals surface area (Å²) in [5.41, 5.74) is 0.306. The first-order valence-corrected chi connectivity index (χ1v) is 10.2. The number of ether oxygens (including phenoxy) is 1. The molecule has 150 valence electrons. The summed E-state index contributed by atoms with van der Waals surface area (Å²) in [6.45, 7) is -0.229. The molecule has 2 aliphatic heterocycles. The summed E-state index contributed by atoms with van der Waals surface area (Å²) in [5.74, 6) is -1.97. The minimum absolute atomic E-state index is 0.169. The molecule has 0 aliphatic carbocycles. The predicted molar refractivity (Wildman–Crippen MR) is 103 cm³/mol. The number of carbonyl (C=O) groups is 4. The Kier molecular flexibility index (Phi) is 5.94. The lowest BCUT2D eigenvalue weighted by molar-refractivity contribution is -0.160. The number of thiophene rings is 1. The van der Waals surface area contributed by atoms with E-state index in [9.17, 15) is 24.3 Å². The van der Waals surface area contributed by atoms with E-state index < -0.39 is 35.4 Å². The molecule has 2 unspecified atom stereocenters. The van der Waals surface area contributed by atoms with E-state index >= 15 is 0 Å². The van der Waals surface area contributed by atoms with Crippen LogP contribution < -0.4 is 5.32 Å². The maximum absolute atomic E-state index is 12.5. The lowest BCUT2D eigenvalue weighted by Gasteiger charge is -2.51. The Hall–Kier alpha value is -2.53. The van der Waals surface area contributed by atoms with Gasteiger partial charge in [-0.05, 0) is 16.9 Å². The summed E-state index contributed by atoms with van der Waals surface area (Å²) < 4.78 is 5.05. The Balaban J connectivity index is 1.66. The van der Waals surface area contributed by atoms with Crippen molar-refractivity contribution < 1.29 is 29.0 Å². The highest BCUT2D eigenvalue weighted by Gasteiger charge is 2.55. The molecule has 2 aliphatic rings. The van der Waals surface area contributed by atoms with Crippen LogP contribution in [0.3, 0.4) is 0 Å². The van der Waals surface area contributed by atoms with Gasteiger partial charge in [-0.2, -0.15) is 0 Å². The van der Waals surface area contributed by atoms with Crippen LogP contribution in [0.15, 0.2) is 28.5 Å². The number of nitrogens with one attached hydrogen (secondary N) is 1.